The number of rotatable bonds is 7. The summed E-state index contributed by atoms with van der Waals surface area (Å²) in [5.41, 5.74) is 0.987. The van der Waals surface area contributed by atoms with E-state index in [9.17, 15) is 9.59 Å². The van der Waals surface area contributed by atoms with E-state index in [1.165, 1.54) is 7.11 Å². The lowest BCUT2D eigenvalue weighted by Gasteiger charge is -2.13. The van der Waals surface area contributed by atoms with Crippen LogP contribution in [0.5, 0.6) is 0 Å². The molecule has 1 rings (SSSR count). The molecule has 1 atom stereocenters. The summed E-state index contributed by atoms with van der Waals surface area (Å²) in [5.74, 6) is -1.12. The molecule has 0 saturated heterocycles. The third-order valence-corrected chi connectivity index (χ3v) is 3.72. The van der Waals surface area contributed by atoms with Crippen molar-refractivity contribution < 1.29 is 14.3 Å². The summed E-state index contributed by atoms with van der Waals surface area (Å²) in [5, 5.41) is 0. The third kappa shape index (κ3) is 5.30. The highest BCUT2D eigenvalue weighted by atomic mass is 127. The van der Waals surface area contributed by atoms with E-state index >= 15 is 0 Å². The fourth-order valence-electron chi connectivity index (χ4n) is 1.85. The number of unbranched alkanes of at least 4 members (excludes halogenated alkanes) is 1. The Bertz CT molecular complexity index is 426. The maximum atomic E-state index is 12.1. The first-order valence-electron chi connectivity index (χ1n) is 6.43. The zero-order valence-corrected chi connectivity index (χ0v) is 13.5. The summed E-state index contributed by atoms with van der Waals surface area (Å²) < 4.78 is 5.88. The van der Waals surface area contributed by atoms with Crippen LogP contribution in [0.15, 0.2) is 24.3 Å². The minimum atomic E-state index is -0.670. The molecular formula is C15H19IO3. The van der Waals surface area contributed by atoms with Crippen molar-refractivity contribution in [3.8, 4) is 0 Å². The van der Waals surface area contributed by atoms with Crippen molar-refractivity contribution in [1.82, 2.24) is 0 Å². The predicted molar refractivity (Wildman–Crippen MR) is 82.9 cm³/mol. The molecule has 0 radical (unpaired) electrons. The molecular weight excluding hydrogens is 355 g/mol. The summed E-state index contributed by atoms with van der Waals surface area (Å²) in [6.07, 6.45) is 2.63. The molecule has 0 bridgehead atoms. The first-order valence-corrected chi connectivity index (χ1v) is 7.51. The molecule has 0 saturated carbocycles. The van der Waals surface area contributed by atoms with Gasteiger partial charge in [0.05, 0.1) is 7.11 Å². The number of methoxy groups -OCH3 is 1. The summed E-state index contributed by atoms with van der Waals surface area (Å²) in [7, 11) is 1.33. The number of carbonyl (C=O) groups is 2. The standard InChI is InChI=1S/C15H19IO3/c1-3-4-5-14(17)13(15(18)19-2)10-11-6-8-12(16)9-7-11/h6-9,13H,3-5,10H2,1-2H3. The molecule has 4 heteroatoms. The van der Waals surface area contributed by atoms with E-state index in [0.29, 0.717) is 12.8 Å². The maximum Gasteiger partial charge on any atom is 0.316 e. The minimum Gasteiger partial charge on any atom is -0.468 e. The SMILES string of the molecule is CCCCC(=O)C(Cc1ccc(I)cc1)C(=O)OC. The van der Waals surface area contributed by atoms with Crippen molar-refractivity contribution in [3.05, 3.63) is 33.4 Å². The molecule has 1 aromatic carbocycles. The summed E-state index contributed by atoms with van der Waals surface area (Å²) in [6, 6.07) is 7.84. The first-order chi connectivity index (χ1) is 9.08. The summed E-state index contributed by atoms with van der Waals surface area (Å²) >= 11 is 2.22. The second kappa shape index (κ2) is 8.30. The lowest BCUT2D eigenvalue weighted by molar-refractivity contribution is -0.149. The minimum absolute atomic E-state index is 0.0211. The molecule has 0 aliphatic heterocycles. The smallest absolute Gasteiger partial charge is 0.316 e. The molecule has 0 heterocycles. The van der Waals surface area contributed by atoms with Gasteiger partial charge in [0, 0.05) is 9.99 Å². The highest BCUT2D eigenvalue weighted by Crippen LogP contribution is 2.16. The van der Waals surface area contributed by atoms with Crippen LogP contribution in [0.1, 0.15) is 31.7 Å². The quantitative estimate of drug-likeness (QED) is 0.418. The number of hydrogen-bond donors (Lipinski definition) is 0. The Kier molecular flexibility index (Phi) is 7.05. The van der Waals surface area contributed by atoms with Crippen molar-refractivity contribution in [2.75, 3.05) is 7.11 Å². The summed E-state index contributed by atoms with van der Waals surface area (Å²) in [4.78, 5) is 23.8. The van der Waals surface area contributed by atoms with E-state index in [1.54, 1.807) is 0 Å². The molecule has 104 valence electrons. The number of carbonyl (C=O) groups excluding carboxylic acids is 2. The van der Waals surface area contributed by atoms with Crippen LogP contribution < -0.4 is 0 Å². The Hall–Kier alpha value is -0.910. The molecule has 3 nitrogen and oxygen atoms in total. The van der Waals surface area contributed by atoms with Gasteiger partial charge in [0.2, 0.25) is 0 Å². The van der Waals surface area contributed by atoms with E-state index in [4.69, 9.17) is 4.74 Å². The van der Waals surface area contributed by atoms with Gasteiger partial charge in [-0.3, -0.25) is 9.59 Å². The van der Waals surface area contributed by atoms with Crippen molar-refractivity contribution in [1.29, 1.82) is 0 Å². The lowest BCUT2D eigenvalue weighted by Crippen LogP contribution is -2.27. The van der Waals surface area contributed by atoms with Crippen LogP contribution in [0.25, 0.3) is 0 Å². The topological polar surface area (TPSA) is 43.4 Å². The molecule has 0 aliphatic rings. The third-order valence-electron chi connectivity index (χ3n) is 3.00. The Labute approximate surface area is 127 Å². The molecule has 0 spiro atoms. The van der Waals surface area contributed by atoms with Crippen LogP contribution >= 0.6 is 22.6 Å². The van der Waals surface area contributed by atoms with Gasteiger partial charge in [-0.25, -0.2) is 0 Å². The molecule has 0 fully saturated rings. The number of ketones is 1. The average molecular weight is 374 g/mol. The van der Waals surface area contributed by atoms with E-state index in [2.05, 4.69) is 22.6 Å². The molecule has 0 aromatic heterocycles. The number of benzene rings is 1. The van der Waals surface area contributed by atoms with Crippen LogP contribution in [-0.2, 0) is 20.7 Å². The normalized spacial score (nSPS) is 11.9. The predicted octanol–water partition coefficient (Wildman–Crippen LogP) is 3.38. The highest BCUT2D eigenvalue weighted by molar-refractivity contribution is 14.1. The largest absolute Gasteiger partial charge is 0.468 e. The van der Waals surface area contributed by atoms with E-state index in [0.717, 1.165) is 22.0 Å². The van der Waals surface area contributed by atoms with Gasteiger partial charge in [-0.2, -0.15) is 0 Å². The van der Waals surface area contributed by atoms with Crippen molar-refractivity contribution in [3.63, 3.8) is 0 Å². The maximum absolute atomic E-state index is 12.1. The Morgan fingerprint density at radius 3 is 2.42 bits per heavy atom. The molecule has 1 aromatic rings. The van der Waals surface area contributed by atoms with Gasteiger partial charge in [-0.05, 0) is 53.1 Å². The number of esters is 1. The Morgan fingerprint density at radius 1 is 1.26 bits per heavy atom. The highest BCUT2D eigenvalue weighted by Gasteiger charge is 2.26. The van der Waals surface area contributed by atoms with Crippen LogP contribution in [0, 0.1) is 9.49 Å². The van der Waals surface area contributed by atoms with Crippen LogP contribution in [0.4, 0.5) is 0 Å². The Morgan fingerprint density at radius 2 is 1.89 bits per heavy atom. The second-order valence-corrected chi connectivity index (χ2v) is 5.72. The van der Waals surface area contributed by atoms with Crippen LogP contribution in [-0.4, -0.2) is 18.9 Å². The molecule has 0 amide bonds. The van der Waals surface area contributed by atoms with E-state index < -0.39 is 11.9 Å². The first kappa shape index (κ1) is 16.1. The molecule has 1 unspecified atom stereocenters. The van der Waals surface area contributed by atoms with Crippen molar-refractivity contribution in [2.45, 2.75) is 32.6 Å². The molecule has 0 aliphatic carbocycles. The van der Waals surface area contributed by atoms with Gasteiger partial charge in [-0.15, -0.1) is 0 Å². The number of Topliss-reactive ketones (excluding diaryl/α,β-unsaturated/α-hetero) is 1. The fraction of sp³-hybridized carbons (Fsp3) is 0.467. The van der Waals surface area contributed by atoms with Gasteiger partial charge in [0.15, 0.2) is 0 Å². The van der Waals surface area contributed by atoms with Gasteiger partial charge in [0.25, 0.3) is 0 Å². The molecule has 0 N–H and O–H groups in total. The monoisotopic (exact) mass is 374 g/mol. The van der Waals surface area contributed by atoms with Crippen molar-refractivity contribution >= 4 is 34.3 Å². The van der Waals surface area contributed by atoms with Gasteiger partial charge in [-0.1, -0.05) is 25.5 Å². The van der Waals surface area contributed by atoms with Crippen molar-refractivity contribution in [2.24, 2.45) is 5.92 Å². The van der Waals surface area contributed by atoms with Gasteiger partial charge < -0.3 is 4.74 Å². The fourth-order valence-corrected chi connectivity index (χ4v) is 2.21. The second-order valence-electron chi connectivity index (χ2n) is 4.48. The van der Waals surface area contributed by atoms with Gasteiger partial charge >= 0.3 is 5.97 Å². The summed E-state index contributed by atoms with van der Waals surface area (Å²) in [6.45, 7) is 2.03. The van der Waals surface area contributed by atoms with Crippen LogP contribution in [0.3, 0.4) is 0 Å². The zero-order chi connectivity index (χ0) is 14.3. The zero-order valence-electron chi connectivity index (χ0n) is 11.3. The average Bonchev–Trinajstić information content (AvgIpc) is 2.43. The lowest BCUT2D eigenvalue weighted by atomic mass is 9.92. The number of halogens is 1. The Balaban J connectivity index is 2.77. The van der Waals surface area contributed by atoms with Gasteiger partial charge in [0.1, 0.15) is 11.7 Å². The number of ether oxygens (including phenoxy) is 1. The van der Waals surface area contributed by atoms with E-state index in [1.807, 2.05) is 31.2 Å². The van der Waals surface area contributed by atoms with E-state index in [-0.39, 0.29) is 5.78 Å². The number of hydrogen-bond acceptors (Lipinski definition) is 3. The molecule has 19 heavy (non-hydrogen) atoms. The van der Waals surface area contributed by atoms with Crippen LogP contribution in [0.2, 0.25) is 0 Å².